The van der Waals surface area contributed by atoms with Crippen molar-refractivity contribution in [1.82, 2.24) is 24.7 Å². The second-order valence-corrected chi connectivity index (χ2v) is 10.0. The highest BCUT2D eigenvalue weighted by atomic mass is 15.3. The summed E-state index contributed by atoms with van der Waals surface area (Å²) in [6, 6.07) is 2.08. The molecular formula is C23H31N7. The van der Waals surface area contributed by atoms with E-state index >= 15 is 0 Å². The van der Waals surface area contributed by atoms with Gasteiger partial charge in [0.1, 0.15) is 17.3 Å². The summed E-state index contributed by atoms with van der Waals surface area (Å²) in [5, 5.41) is 6.13. The van der Waals surface area contributed by atoms with Gasteiger partial charge in [-0.05, 0) is 63.9 Å². The zero-order chi connectivity index (χ0) is 20.5. The molecule has 0 unspecified atom stereocenters. The van der Waals surface area contributed by atoms with Gasteiger partial charge in [-0.15, -0.1) is 0 Å². The molecule has 0 aromatic carbocycles. The Labute approximate surface area is 177 Å². The smallest absolute Gasteiger partial charge is 0.143 e. The molecular weight excluding hydrogens is 374 g/mol. The average molecular weight is 406 g/mol. The van der Waals surface area contributed by atoms with Crippen LogP contribution in [-0.4, -0.2) is 36.8 Å². The molecule has 3 aliphatic carbocycles. The summed E-state index contributed by atoms with van der Waals surface area (Å²) >= 11 is 0. The third kappa shape index (κ3) is 2.78. The molecule has 0 radical (unpaired) electrons. The summed E-state index contributed by atoms with van der Waals surface area (Å²) < 4.78 is 2.36. The predicted octanol–water partition coefficient (Wildman–Crippen LogP) is 3.39. The van der Waals surface area contributed by atoms with Crippen molar-refractivity contribution in [2.75, 3.05) is 11.4 Å². The Bertz CT molecular complexity index is 1100. The summed E-state index contributed by atoms with van der Waals surface area (Å²) in [6.07, 6.45) is 10.3. The number of anilines is 1. The molecule has 3 saturated carbocycles. The lowest BCUT2D eigenvalue weighted by atomic mass is 9.57. The van der Waals surface area contributed by atoms with Gasteiger partial charge in [0.05, 0.1) is 11.1 Å². The van der Waals surface area contributed by atoms with E-state index in [1.54, 1.807) is 0 Å². The van der Waals surface area contributed by atoms with Gasteiger partial charge < -0.3 is 15.6 Å². The van der Waals surface area contributed by atoms with Gasteiger partial charge in [-0.3, -0.25) is 4.68 Å². The summed E-state index contributed by atoms with van der Waals surface area (Å²) in [5.41, 5.74) is 12.0. The fraction of sp³-hybridized carbons (Fsp3) is 0.609. The number of fused-ring (bicyclic) bond motifs is 5. The zero-order valence-electron chi connectivity index (χ0n) is 18.0. The summed E-state index contributed by atoms with van der Waals surface area (Å²) in [5.74, 6) is 1.84. The van der Waals surface area contributed by atoms with E-state index in [0.29, 0.717) is 5.41 Å². The molecule has 158 valence electrons. The van der Waals surface area contributed by atoms with Gasteiger partial charge in [-0.25, -0.2) is 9.97 Å². The molecule has 0 saturated heterocycles. The Kier molecular flexibility index (Phi) is 3.85. The van der Waals surface area contributed by atoms with Crippen LogP contribution in [0.3, 0.4) is 0 Å². The quantitative estimate of drug-likeness (QED) is 0.697. The standard InChI is InChI=1S/C23H31N7/c1-15-18-13-29(21-17-3-11-25-20(17)26-16(2)27-21)12-4-19(18)30(28-15)14-22-5-8-23(24,9-6-22)10-7-22/h3,11H,4-10,12-14,24H2,1-2H3,(H,25,26,27). The molecule has 7 heteroatoms. The van der Waals surface area contributed by atoms with Crippen molar-refractivity contribution in [3.63, 3.8) is 0 Å². The lowest BCUT2D eigenvalue weighted by molar-refractivity contribution is 0.0263. The summed E-state index contributed by atoms with van der Waals surface area (Å²) in [7, 11) is 0. The molecule has 2 bridgehead atoms. The van der Waals surface area contributed by atoms with Gasteiger partial charge in [-0.2, -0.15) is 5.10 Å². The number of H-pyrrole nitrogens is 1. The SMILES string of the molecule is Cc1nc(N2CCc3c(c(C)nn3CC34CCC(N)(CC3)CC4)C2)c2cc[nH]c2n1. The van der Waals surface area contributed by atoms with Crippen molar-refractivity contribution in [2.45, 2.75) is 77.4 Å². The molecule has 3 fully saturated rings. The maximum absolute atomic E-state index is 6.54. The van der Waals surface area contributed by atoms with Crippen LogP contribution in [0.25, 0.3) is 11.0 Å². The van der Waals surface area contributed by atoms with Crippen LogP contribution in [0.1, 0.15) is 61.3 Å². The normalized spacial score (nSPS) is 28.3. The maximum Gasteiger partial charge on any atom is 0.143 e. The number of nitrogens with zero attached hydrogens (tertiary/aromatic N) is 5. The second kappa shape index (κ2) is 6.30. The third-order valence-corrected chi connectivity index (χ3v) is 8.09. The number of nitrogens with two attached hydrogens (primary N) is 1. The molecule has 0 amide bonds. The Morgan fingerprint density at radius 3 is 2.63 bits per heavy atom. The monoisotopic (exact) mass is 405 g/mol. The Hall–Kier alpha value is -2.41. The van der Waals surface area contributed by atoms with Crippen LogP contribution in [0, 0.1) is 19.3 Å². The summed E-state index contributed by atoms with van der Waals surface area (Å²) in [6.45, 7) is 7.03. The van der Waals surface area contributed by atoms with Crippen LogP contribution in [0.15, 0.2) is 12.3 Å². The van der Waals surface area contributed by atoms with Gasteiger partial charge in [0, 0.05) is 49.0 Å². The molecule has 3 N–H and O–H groups in total. The van der Waals surface area contributed by atoms with Crippen molar-refractivity contribution >= 4 is 16.9 Å². The van der Waals surface area contributed by atoms with E-state index < -0.39 is 0 Å². The van der Waals surface area contributed by atoms with Crippen LogP contribution >= 0.6 is 0 Å². The van der Waals surface area contributed by atoms with Gasteiger partial charge >= 0.3 is 0 Å². The van der Waals surface area contributed by atoms with Gasteiger partial charge in [0.15, 0.2) is 0 Å². The maximum atomic E-state index is 6.54. The van der Waals surface area contributed by atoms with Crippen LogP contribution in [0.2, 0.25) is 0 Å². The predicted molar refractivity (Wildman–Crippen MR) is 117 cm³/mol. The molecule has 4 aliphatic rings. The minimum absolute atomic E-state index is 0.126. The highest BCUT2D eigenvalue weighted by Gasteiger charge is 2.47. The van der Waals surface area contributed by atoms with Gasteiger partial charge in [-0.1, -0.05) is 0 Å². The topological polar surface area (TPSA) is 88.6 Å². The highest BCUT2D eigenvalue weighted by molar-refractivity contribution is 5.87. The first-order valence-electron chi connectivity index (χ1n) is 11.3. The molecule has 4 heterocycles. The van der Waals surface area contributed by atoms with E-state index in [4.69, 9.17) is 15.8 Å². The fourth-order valence-electron chi connectivity index (χ4n) is 6.10. The van der Waals surface area contributed by atoms with E-state index in [9.17, 15) is 0 Å². The largest absolute Gasteiger partial charge is 0.351 e. The summed E-state index contributed by atoms with van der Waals surface area (Å²) in [4.78, 5) is 15.0. The molecule has 3 aromatic heterocycles. The highest BCUT2D eigenvalue weighted by Crippen LogP contribution is 2.52. The van der Waals surface area contributed by atoms with Crippen molar-refractivity contribution in [3.8, 4) is 0 Å². The zero-order valence-corrected chi connectivity index (χ0v) is 18.0. The molecule has 7 nitrogen and oxygen atoms in total. The van der Waals surface area contributed by atoms with E-state index in [0.717, 1.165) is 48.7 Å². The van der Waals surface area contributed by atoms with Gasteiger partial charge in [0.2, 0.25) is 0 Å². The number of hydrogen-bond acceptors (Lipinski definition) is 5. The molecule has 0 atom stereocenters. The van der Waals surface area contributed by atoms with E-state index in [1.165, 1.54) is 55.5 Å². The van der Waals surface area contributed by atoms with Crippen LogP contribution < -0.4 is 10.6 Å². The number of aromatic amines is 1. The lowest BCUT2D eigenvalue weighted by Crippen LogP contribution is -2.53. The number of aryl methyl sites for hydroxylation is 2. The van der Waals surface area contributed by atoms with Crippen LogP contribution in [-0.2, 0) is 19.5 Å². The van der Waals surface area contributed by atoms with Crippen molar-refractivity contribution in [3.05, 3.63) is 35.0 Å². The Morgan fingerprint density at radius 2 is 1.87 bits per heavy atom. The lowest BCUT2D eigenvalue weighted by Gasteiger charge is -2.52. The molecule has 7 rings (SSSR count). The first-order chi connectivity index (χ1) is 14.4. The first-order valence-corrected chi connectivity index (χ1v) is 11.3. The molecule has 1 aliphatic heterocycles. The third-order valence-electron chi connectivity index (χ3n) is 8.09. The fourth-order valence-corrected chi connectivity index (χ4v) is 6.10. The number of rotatable bonds is 3. The van der Waals surface area contributed by atoms with E-state index in [-0.39, 0.29) is 5.54 Å². The number of hydrogen-bond donors (Lipinski definition) is 2. The molecule has 0 spiro atoms. The Morgan fingerprint density at radius 1 is 1.10 bits per heavy atom. The van der Waals surface area contributed by atoms with Crippen molar-refractivity contribution in [2.24, 2.45) is 11.1 Å². The minimum Gasteiger partial charge on any atom is -0.351 e. The number of nitrogens with one attached hydrogen (secondary N) is 1. The van der Waals surface area contributed by atoms with E-state index in [1.807, 2.05) is 13.1 Å². The minimum atomic E-state index is 0.126. The van der Waals surface area contributed by atoms with Crippen LogP contribution in [0.5, 0.6) is 0 Å². The molecule has 3 aromatic rings. The van der Waals surface area contributed by atoms with E-state index in [2.05, 4.69) is 32.5 Å². The average Bonchev–Trinajstić information content (AvgIpc) is 3.33. The molecule has 30 heavy (non-hydrogen) atoms. The van der Waals surface area contributed by atoms with Crippen molar-refractivity contribution in [1.29, 1.82) is 0 Å². The van der Waals surface area contributed by atoms with Crippen LogP contribution in [0.4, 0.5) is 5.82 Å². The van der Waals surface area contributed by atoms with Gasteiger partial charge in [0.25, 0.3) is 0 Å². The first kappa shape index (κ1) is 18.4. The second-order valence-electron chi connectivity index (χ2n) is 10.0. The van der Waals surface area contributed by atoms with Crippen molar-refractivity contribution < 1.29 is 0 Å². The number of aromatic nitrogens is 5. The Balaban J connectivity index is 1.29.